The Morgan fingerprint density at radius 3 is 2.64 bits per heavy atom. The second kappa shape index (κ2) is 4.07. The van der Waals surface area contributed by atoms with Gasteiger partial charge >= 0.3 is 10.1 Å². The second-order valence-corrected chi connectivity index (χ2v) is 5.19. The molecule has 0 aliphatic heterocycles. The van der Waals surface area contributed by atoms with Crippen LogP contribution < -0.4 is 0 Å². The predicted molar refractivity (Wildman–Crippen MR) is 53.4 cm³/mol. The molecule has 1 heterocycles. The van der Waals surface area contributed by atoms with Crippen molar-refractivity contribution in [3.63, 3.8) is 0 Å². The topological polar surface area (TPSA) is 76.0 Å². The lowest BCUT2D eigenvalue weighted by Gasteiger charge is -1.93. The Kier molecular flexibility index (Phi) is 3.25. The van der Waals surface area contributed by atoms with E-state index >= 15 is 0 Å². The van der Waals surface area contributed by atoms with E-state index in [0.29, 0.717) is 10.6 Å². The molecule has 0 radical (unpaired) electrons. The van der Waals surface area contributed by atoms with Crippen LogP contribution in [0.25, 0.3) is 0 Å². The third-order valence-electron chi connectivity index (χ3n) is 1.42. The molecule has 78 valence electrons. The van der Waals surface area contributed by atoms with Crippen molar-refractivity contribution in [2.75, 3.05) is 7.11 Å². The van der Waals surface area contributed by atoms with Gasteiger partial charge in [-0.3, -0.25) is 4.55 Å². The minimum absolute atomic E-state index is 0.0989. The summed E-state index contributed by atoms with van der Waals surface area (Å²) in [7, 11) is -2.70. The number of oxime groups is 1. The molecule has 1 aromatic heterocycles. The average molecular weight is 235 g/mol. The van der Waals surface area contributed by atoms with Crippen molar-refractivity contribution < 1.29 is 17.8 Å². The van der Waals surface area contributed by atoms with E-state index in [1.54, 1.807) is 13.0 Å². The van der Waals surface area contributed by atoms with Crippen LogP contribution in [-0.4, -0.2) is 25.8 Å². The molecular formula is C7H9NO4S2. The van der Waals surface area contributed by atoms with Gasteiger partial charge in [0, 0.05) is 0 Å². The number of hydrogen-bond donors (Lipinski definition) is 1. The fourth-order valence-electron chi connectivity index (χ4n) is 0.835. The van der Waals surface area contributed by atoms with Crippen LogP contribution in [0.15, 0.2) is 21.5 Å². The highest BCUT2D eigenvalue weighted by Crippen LogP contribution is 2.21. The van der Waals surface area contributed by atoms with E-state index in [4.69, 9.17) is 4.55 Å². The van der Waals surface area contributed by atoms with Crippen molar-refractivity contribution >= 4 is 27.2 Å². The highest BCUT2D eigenvalue weighted by Gasteiger charge is 2.13. The zero-order valence-electron chi connectivity index (χ0n) is 7.59. The molecule has 14 heavy (non-hydrogen) atoms. The van der Waals surface area contributed by atoms with E-state index in [0.717, 1.165) is 11.3 Å². The molecule has 1 N–H and O–H groups in total. The van der Waals surface area contributed by atoms with Crippen molar-refractivity contribution in [3.8, 4) is 0 Å². The molecule has 0 spiro atoms. The van der Waals surface area contributed by atoms with Crippen LogP contribution in [0.1, 0.15) is 11.8 Å². The summed E-state index contributed by atoms with van der Waals surface area (Å²) >= 11 is 0.939. The van der Waals surface area contributed by atoms with Crippen molar-refractivity contribution in [1.82, 2.24) is 0 Å². The van der Waals surface area contributed by atoms with Crippen LogP contribution in [-0.2, 0) is 15.0 Å². The molecule has 0 bridgehead atoms. The summed E-state index contributed by atoms with van der Waals surface area (Å²) in [5.74, 6) is 0. The standard InChI is InChI=1S/C7H9NO4S2/c1-5(8-12-2)6-3-4-7(13-6)14(9,10)11/h3-4H,1-2H3,(H,9,10,11)/b8-5-. The Labute approximate surface area is 85.8 Å². The molecule has 0 unspecified atom stereocenters. The molecule has 0 aromatic carbocycles. The molecular weight excluding hydrogens is 226 g/mol. The molecule has 7 heteroatoms. The van der Waals surface area contributed by atoms with E-state index in [9.17, 15) is 8.42 Å². The van der Waals surface area contributed by atoms with E-state index < -0.39 is 10.1 Å². The summed E-state index contributed by atoms with van der Waals surface area (Å²) in [6.07, 6.45) is 0. The van der Waals surface area contributed by atoms with E-state index in [2.05, 4.69) is 9.99 Å². The molecule has 0 atom stereocenters. The van der Waals surface area contributed by atoms with Gasteiger partial charge in [-0.15, -0.1) is 11.3 Å². The van der Waals surface area contributed by atoms with Gasteiger partial charge in [-0.1, -0.05) is 5.16 Å². The van der Waals surface area contributed by atoms with Crippen LogP contribution in [0.3, 0.4) is 0 Å². The third kappa shape index (κ3) is 2.53. The molecule has 0 saturated carbocycles. The molecule has 0 aliphatic rings. The zero-order valence-corrected chi connectivity index (χ0v) is 9.22. The first kappa shape index (κ1) is 11.2. The maximum absolute atomic E-state index is 10.7. The van der Waals surface area contributed by atoms with E-state index in [1.165, 1.54) is 13.2 Å². The van der Waals surface area contributed by atoms with Gasteiger partial charge in [0.15, 0.2) is 0 Å². The molecule has 0 saturated heterocycles. The Morgan fingerprint density at radius 1 is 1.57 bits per heavy atom. The quantitative estimate of drug-likeness (QED) is 0.487. The lowest BCUT2D eigenvalue weighted by Crippen LogP contribution is -1.93. The molecule has 5 nitrogen and oxygen atoms in total. The Bertz CT molecular complexity index is 446. The summed E-state index contributed by atoms with van der Waals surface area (Å²) in [4.78, 5) is 5.17. The van der Waals surface area contributed by atoms with Gasteiger partial charge < -0.3 is 4.84 Å². The van der Waals surface area contributed by atoms with Crippen molar-refractivity contribution in [1.29, 1.82) is 0 Å². The fourth-order valence-corrected chi connectivity index (χ4v) is 2.44. The fraction of sp³-hybridized carbons (Fsp3) is 0.286. The first-order valence-electron chi connectivity index (χ1n) is 3.60. The highest BCUT2D eigenvalue weighted by molar-refractivity contribution is 7.88. The number of thiophene rings is 1. The maximum atomic E-state index is 10.7. The minimum Gasteiger partial charge on any atom is -0.399 e. The van der Waals surface area contributed by atoms with E-state index in [-0.39, 0.29) is 4.21 Å². The predicted octanol–water partition coefficient (Wildman–Crippen LogP) is 1.37. The van der Waals surface area contributed by atoms with E-state index in [1.807, 2.05) is 0 Å². The average Bonchev–Trinajstić information content (AvgIpc) is 2.51. The highest BCUT2D eigenvalue weighted by atomic mass is 32.3. The van der Waals surface area contributed by atoms with Crippen LogP contribution >= 0.6 is 11.3 Å². The van der Waals surface area contributed by atoms with Gasteiger partial charge in [-0.2, -0.15) is 8.42 Å². The van der Waals surface area contributed by atoms with Crippen molar-refractivity contribution in [2.24, 2.45) is 5.16 Å². The minimum atomic E-state index is -4.11. The van der Waals surface area contributed by atoms with Crippen LogP contribution in [0, 0.1) is 0 Å². The molecule has 1 aromatic rings. The first-order valence-corrected chi connectivity index (χ1v) is 5.86. The first-order chi connectivity index (χ1) is 6.45. The van der Waals surface area contributed by atoms with Gasteiger partial charge in [0.2, 0.25) is 0 Å². The normalized spacial score (nSPS) is 12.9. The Hall–Kier alpha value is -0.920. The van der Waals surface area contributed by atoms with Gasteiger partial charge in [0.1, 0.15) is 11.3 Å². The van der Waals surface area contributed by atoms with Gasteiger partial charge in [0.05, 0.1) is 10.6 Å². The number of rotatable bonds is 3. The summed E-state index contributed by atoms with van der Waals surface area (Å²) in [6, 6.07) is 2.88. The zero-order chi connectivity index (χ0) is 10.8. The second-order valence-electron chi connectivity index (χ2n) is 2.45. The van der Waals surface area contributed by atoms with Gasteiger partial charge in [-0.25, -0.2) is 0 Å². The Balaban J connectivity index is 3.06. The monoisotopic (exact) mass is 235 g/mol. The Morgan fingerprint density at radius 2 is 2.21 bits per heavy atom. The SMILES string of the molecule is CO/N=C(/C)c1ccc(S(=O)(=O)O)s1. The molecule has 0 amide bonds. The van der Waals surface area contributed by atoms with Gasteiger partial charge in [0.25, 0.3) is 0 Å². The van der Waals surface area contributed by atoms with Crippen molar-refractivity contribution in [3.05, 3.63) is 17.0 Å². The molecule has 0 fully saturated rings. The lowest BCUT2D eigenvalue weighted by molar-refractivity contribution is 0.213. The summed E-state index contributed by atoms with van der Waals surface area (Å²) in [5.41, 5.74) is 0.562. The number of hydrogen-bond acceptors (Lipinski definition) is 5. The summed E-state index contributed by atoms with van der Waals surface area (Å²) in [6.45, 7) is 1.68. The van der Waals surface area contributed by atoms with Gasteiger partial charge in [-0.05, 0) is 19.1 Å². The molecule has 0 aliphatic carbocycles. The van der Waals surface area contributed by atoms with Crippen LogP contribution in [0.4, 0.5) is 0 Å². The van der Waals surface area contributed by atoms with Crippen molar-refractivity contribution in [2.45, 2.75) is 11.1 Å². The smallest absolute Gasteiger partial charge is 0.304 e. The third-order valence-corrected chi connectivity index (χ3v) is 3.94. The summed E-state index contributed by atoms with van der Waals surface area (Å²) < 4.78 is 30.1. The summed E-state index contributed by atoms with van der Waals surface area (Å²) in [5, 5.41) is 3.64. The lowest BCUT2D eigenvalue weighted by atomic mass is 10.3. The number of nitrogens with zero attached hydrogens (tertiary/aromatic N) is 1. The van der Waals surface area contributed by atoms with Crippen LogP contribution in [0.5, 0.6) is 0 Å². The molecule has 1 rings (SSSR count). The maximum Gasteiger partial charge on any atom is 0.304 e. The largest absolute Gasteiger partial charge is 0.399 e. The van der Waals surface area contributed by atoms with Crippen LogP contribution in [0.2, 0.25) is 0 Å².